The predicted octanol–water partition coefficient (Wildman–Crippen LogP) is 0.782. The second kappa shape index (κ2) is 6.00. The van der Waals surface area contributed by atoms with E-state index in [2.05, 4.69) is 4.90 Å². The fraction of sp³-hybridized carbons (Fsp3) is 0.933. The van der Waals surface area contributed by atoms with Crippen molar-refractivity contribution in [2.75, 3.05) is 19.7 Å². The van der Waals surface area contributed by atoms with Crippen molar-refractivity contribution in [3.8, 4) is 0 Å². The Morgan fingerprint density at radius 3 is 2.65 bits per heavy atom. The van der Waals surface area contributed by atoms with Crippen LogP contribution in [0.5, 0.6) is 0 Å². The Labute approximate surface area is 120 Å². The maximum atomic E-state index is 12.2. The van der Waals surface area contributed by atoms with Crippen molar-refractivity contribution in [3.05, 3.63) is 0 Å². The highest BCUT2D eigenvalue weighted by Gasteiger charge is 2.46. The number of hydrogen-bond donors (Lipinski definition) is 2. The van der Waals surface area contributed by atoms with E-state index in [0.29, 0.717) is 18.6 Å². The molecule has 2 unspecified atom stereocenters. The van der Waals surface area contributed by atoms with Crippen LogP contribution in [-0.2, 0) is 9.53 Å². The van der Waals surface area contributed by atoms with Gasteiger partial charge in [0, 0.05) is 12.0 Å². The summed E-state index contributed by atoms with van der Waals surface area (Å²) in [6, 6.07) is 0.529. The molecule has 2 aliphatic rings. The smallest absolute Gasteiger partial charge is 0.341 e. The predicted molar refractivity (Wildman–Crippen MR) is 75.1 cm³/mol. The number of ether oxygens (including phenoxy) is 1. The maximum absolute atomic E-state index is 12.2. The monoisotopic (exact) mass is 285 g/mol. The fourth-order valence-corrected chi connectivity index (χ4v) is 3.57. The number of aliphatic hydroxyl groups excluding tert-OH is 1. The lowest BCUT2D eigenvalue weighted by molar-refractivity contribution is -0.186. The van der Waals surface area contributed by atoms with E-state index in [1.807, 2.05) is 0 Å². The second-order valence-corrected chi connectivity index (χ2v) is 6.55. The molecule has 2 saturated heterocycles. The number of hydrogen-bond acceptors (Lipinski definition) is 5. The lowest BCUT2D eigenvalue weighted by atomic mass is 9.85. The molecule has 0 aromatic carbocycles. The average Bonchev–Trinajstić information content (AvgIpc) is 2.97. The zero-order valence-corrected chi connectivity index (χ0v) is 12.7. The maximum Gasteiger partial charge on any atom is 0.341 e. The van der Waals surface area contributed by atoms with Crippen LogP contribution in [0.2, 0.25) is 0 Å². The van der Waals surface area contributed by atoms with Gasteiger partial charge >= 0.3 is 5.97 Å². The number of carbonyl (C=O) groups is 1. The van der Waals surface area contributed by atoms with Crippen LogP contribution >= 0.6 is 0 Å². The summed E-state index contributed by atoms with van der Waals surface area (Å²) in [7, 11) is 0. The van der Waals surface area contributed by atoms with Crippen LogP contribution in [0.3, 0.4) is 0 Å². The molecule has 2 rings (SSSR count). The molecule has 0 bridgehead atoms. The van der Waals surface area contributed by atoms with Gasteiger partial charge in [-0.1, -0.05) is 13.8 Å². The van der Waals surface area contributed by atoms with Crippen molar-refractivity contribution < 1.29 is 19.7 Å². The summed E-state index contributed by atoms with van der Waals surface area (Å²) >= 11 is 0. The number of aliphatic hydroxyl groups is 2. The number of nitrogens with zero attached hydrogens (tertiary/aromatic N) is 1. The van der Waals surface area contributed by atoms with E-state index < -0.39 is 17.7 Å². The molecule has 2 N–H and O–H groups in total. The van der Waals surface area contributed by atoms with Crippen molar-refractivity contribution >= 4 is 5.97 Å². The Kier molecular flexibility index (Phi) is 4.72. The van der Waals surface area contributed by atoms with Gasteiger partial charge in [0.15, 0.2) is 5.60 Å². The zero-order valence-electron chi connectivity index (χ0n) is 12.7. The third-order valence-electron chi connectivity index (χ3n) is 5.02. The standard InChI is InChI=1S/C15H27NO4/c1-10(2)15(19,11(3)17)14(18)20-9-12-6-8-16-7-4-5-13(12)16/h10-13,17,19H,4-9H2,1-3H3/t11?,12-,13+,15?/m1/s1. The van der Waals surface area contributed by atoms with E-state index in [9.17, 15) is 15.0 Å². The van der Waals surface area contributed by atoms with Crippen LogP contribution < -0.4 is 0 Å². The Balaban J connectivity index is 1.91. The van der Waals surface area contributed by atoms with Crippen LogP contribution in [0.15, 0.2) is 0 Å². The molecular weight excluding hydrogens is 258 g/mol. The van der Waals surface area contributed by atoms with Crippen molar-refractivity contribution in [1.29, 1.82) is 0 Å². The van der Waals surface area contributed by atoms with Crippen molar-refractivity contribution in [2.24, 2.45) is 11.8 Å². The Morgan fingerprint density at radius 1 is 1.35 bits per heavy atom. The number of rotatable bonds is 5. The summed E-state index contributed by atoms with van der Waals surface area (Å²) < 4.78 is 5.35. The Bertz CT molecular complexity index is 348. The summed E-state index contributed by atoms with van der Waals surface area (Å²) in [4.78, 5) is 14.6. The molecule has 2 heterocycles. The average molecular weight is 285 g/mol. The van der Waals surface area contributed by atoms with Crippen LogP contribution in [0, 0.1) is 11.8 Å². The number of carbonyl (C=O) groups excluding carboxylic acids is 1. The minimum atomic E-state index is -1.81. The van der Waals surface area contributed by atoms with Crippen molar-refractivity contribution in [3.63, 3.8) is 0 Å². The van der Waals surface area contributed by atoms with Gasteiger partial charge in [-0.25, -0.2) is 4.79 Å². The van der Waals surface area contributed by atoms with Gasteiger partial charge < -0.3 is 14.9 Å². The van der Waals surface area contributed by atoms with E-state index in [-0.39, 0.29) is 5.92 Å². The Hall–Kier alpha value is -0.650. The van der Waals surface area contributed by atoms with Gasteiger partial charge in [-0.2, -0.15) is 0 Å². The first-order valence-electron chi connectivity index (χ1n) is 7.69. The molecule has 0 spiro atoms. The quantitative estimate of drug-likeness (QED) is 0.731. The number of fused-ring (bicyclic) bond motifs is 1. The molecule has 0 aromatic rings. The van der Waals surface area contributed by atoms with Crippen LogP contribution in [0.4, 0.5) is 0 Å². The fourth-order valence-electron chi connectivity index (χ4n) is 3.57. The highest BCUT2D eigenvalue weighted by atomic mass is 16.6. The first-order valence-corrected chi connectivity index (χ1v) is 7.69. The first kappa shape index (κ1) is 15.7. The van der Waals surface area contributed by atoms with Gasteiger partial charge in [-0.3, -0.25) is 4.90 Å². The molecular formula is C15H27NO4. The van der Waals surface area contributed by atoms with Crippen molar-refractivity contribution in [2.45, 2.75) is 57.8 Å². The SMILES string of the molecule is CC(C)C(O)(C(=O)OC[C@H]1CCN2CCC[C@@H]12)C(C)O. The molecule has 116 valence electrons. The van der Waals surface area contributed by atoms with E-state index >= 15 is 0 Å². The lowest BCUT2D eigenvalue weighted by Crippen LogP contribution is -2.53. The normalized spacial score (nSPS) is 31.1. The lowest BCUT2D eigenvalue weighted by Gasteiger charge is -2.33. The van der Waals surface area contributed by atoms with E-state index in [4.69, 9.17) is 4.74 Å². The summed E-state index contributed by atoms with van der Waals surface area (Å²) in [5.74, 6) is -0.715. The summed E-state index contributed by atoms with van der Waals surface area (Å²) in [5.41, 5.74) is -1.81. The highest BCUT2D eigenvalue weighted by Crippen LogP contribution is 2.33. The highest BCUT2D eigenvalue weighted by molar-refractivity contribution is 5.80. The minimum absolute atomic E-state index is 0.349. The van der Waals surface area contributed by atoms with Gasteiger partial charge in [-0.15, -0.1) is 0 Å². The molecule has 0 radical (unpaired) electrons. The molecule has 20 heavy (non-hydrogen) atoms. The molecule has 0 amide bonds. The molecule has 0 aromatic heterocycles. The molecule has 2 aliphatic heterocycles. The summed E-state index contributed by atoms with van der Waals surface area (Å²) in [6.45, 7) is 7.43. The topological polar surface area (TPSA) is 70.0 Å². The zero-order chi connectivity index (χ0) is 14.9. The Morgan fingerprint density at radius 2 is 2.05 bits per heavy atom. The molecule has 4 atom stereocenters. The van der Waals surface area contributed by atoms with E-state index in [0.717, 1.165) is 19.5 Å². The minimum Gasteiger partial charge on any atom is -0.463 e. The molecule has 0 aliphatic carbocycles. The third kappa shape index (κ3) is 2.71. The van der Waals surface area contributed by atoms with Crippen LogP contribution in [0.25, 0.3) is 0 Å². The van der Waals surface area contributed by atoms with Gasteiger partial charge in [-0.05, 0) is 45.2 Å². The van der Waals surface area contributed by atoms with Gasteiger partial charge in [0.25, 0.3) is 0 Å². The van der Waals surface area contributed by atoms with Crippen LogP contribution in [0.1, 0.15) is 40.0 Å². The molecule has 5 heteroatoms. The molecule has 0 saturated carbocycles. The number of esters is 1. The summed E-state index contributed by atoms with van der Waals surface area (Å²) in [5, 5.41) is 20.1. The second-order valence-electron chi connectivity index (χ2n) is 6.55. The van der Waals surface area contributed by atoms with Gasteiger partial charge in [0.1, 0.15) is 0 Å². The van der Waals surface area contributed by atoms with Crippen LogP contribution in [-0.4, -0.2) is 58.5 Å². The third-order valence-corrected chi connectivity index (χ3v) is 5.02. The van der Waals surface area contributed by atoms with E-state index in [1.165, 1.54) is 19.8 Å². The summed E-state index contributed by atoms with van der Waals surface area (Å²) in [6.07, 6.45) is 2.31. The van der Waals surface area contributed by atoms with Gasteiger partial charge in [0.2, 0.25) is 0 Å². The molecule has 2 fully saturated rings. The van der Waals surface area contributed by atoms with Gasteiger partial charge in [0.05, 0.1) is 12.7 Å². The molecule has 5 nitrogen and oxygen atoms in total. The van der Waals surface area contributed by atoms with E-state index in [1.54, 1.807) is 13.8 Å². The first-order chi connectivity index (χ1) is 9.37. The van der Waals surface area contributed by atoms with Crippen molar-refractivity contribution in [1.82, 2.24) is 4.90 Å². The largest absolute Gasteiger partial charge is 0.463 e.